The van der Waals surface area contributed by atoms with Crippen LogP contribution in [0.5, 0.6) is 0 Å². The maximum Gasteiger partial charge on any atom is 0.433 e. The molecule has 0 aliphatic heterocycles. The second-order valence-electron chi connectivity index (χ2n) is 7.27. The lowest BCUT2D eigenvalue weighted by molar-refractivity contribution is -0.141. The van der Waals surface area contributed by atoms with E-state index in [1.54, 1.807) is 0 Å². The summed E-state index contributed by atoms with van der Waals surface area (Å²) in [5, 5.41) is 16.8. The minimum atomic E-state index is -9.92. The zero-order valence-electron chi connectivity index (χ0n) is 15.7. The van der Waals surface area contributed by atoms with Gasteiger partial charge in [0.25, 0.3) is 5.78 Å². The van der Waals surface area contributed by atoms with Crippen molar-refractivity contribution >= 4 is 21.8 Å². The van der Waals surface area contributed by atoms with Gasteiger partial charge in [-0.3, -0.25) is 0 Å². The molecule has 0 amide bonds. The van der Waals surface area contributed by atoms with Gasteiger partial charge in [-0.25, -0.2) is 4.98 Å². The molecule has 6 nitrogen and oxygen atoms in total. The molecule has 0 spiro atoms. The number of hydrogen-bond donors (Lipinski definition) is 2. The molecule has 0 saturated heterocycles. The van der Waals surface area contributed by atoms with E-state index in [0.29, 0.717) is 18.2 Å². The topological polar surface area (TPSA) is 75.3 Å². The summed E-state index contributed by atoms with van der Waals surface area (Å²) in [4.78, 5) is 4.77. The number of nitrogens with one attached hydrogen (secondary N) is 1. The monoisotopic (exact) mass is 477 g/mol. The molecule has 172 valence electrons. The zero-order chi connectivity index (χ0) is 23.5. The molecule has 0 radical (unpaired) electrons. The Hall–Kier alpha value is -2.68. The molecule has 15 heteroatoms. The Balaban J connectivity index is 2.08. The molecular formula is C16H15F8N5OS. The molecule has 0 unspecified atom stereocenters. The van der Waals surface area contributed by atoms with Crippen LogP contribution in [0, 0.1) is 0 Å². The van der Waals surface area contributed by atoms with Gasteiger partial charge >= 0.3 is 16.4 Å². The fourth-order valence-corrected chi connectivity index (χ4v) is 3.44. The van der Waals surface area contributed by atoms with Gasteiger partial charge in [-0.15, -0.1) is 0 Å². The van der Waals surface area contributed by atoms with Crippen molar-refractivity contribution in [2.75, 3.05) is 5.32 Å². The summed E-state index contributed by atoms with van der Waals surface area (Å²) in [5.74, 6) is -0.762. The zero-order valence-corrected chi connectivity index (χ0v) is 16.5. The van der Waals surface area contributed by atoms with Crippen molar-refractivity contribution in [3.63, 3.8) is 0 Å². The van der Waals surface area contributed by atoms with E-state index in [4.69, 9.17) is 0 Å². The fraction of sp³-hybridized carbons (Fsp3) is 0.312. The summed E-state index contributed by atoms with van der Waals surface area (Å²) in [7, 11) is -9.92. The third kappa shape index (κ3) is 4.98. The van der Waals surface area contributed by atoms with Crippen molar-refractivity contribution in [3.8, 4) is 0 Å². The van der Waals surface area contributed by atoms with Crippen molar-refractivity contribution in [2.45, 2.75) is 36.6 Å². The summed E-state index contributed by atoms with van der Waals surface area (Å²) in [6, 6.07) is 0.951. The number of anilines is 1. The molecule has 0 fully saturated rings. The van der Waals surface area contributed by atoms with Gasteiger partial charge in [-0.1, -0.05) is 31.6 Å². The van der Waals surface area contributed by atoms with Crippen LogP contribution in [0.4, 0.5) is 38.4 Å². The Morgan fingerprint density at radius 3 is 2.10 bits per heavy atom. The standard InChI is InChI=1S/C16H15F8N5OS/c1-15(2,30)13(9-3-5-10(6-4-9)31(20,21,22,23)24)28-12-7-11(16(17,18)19)27-14-25-8-26-29(12)14/h3-8,13,28,30H,1-2H3/t13-/m1/s1. The van der Waals surface area contributed by atoms with Crippen molar-refractivity contribution in [1.82, 2.24) is 19.6 Å². The number of aromatic nitrogens is 4. The molecular weight excluding hydrogens is 462 g/mol. The summed E-state index contributed by atoms with van der Waals surface area (Å²) in [6.07, 6.45) is -3.92. The predicted molar refractivity (Wildman–Crippen MR) is 96.3 cm³/mol. The quantitative estimate of drug-likeness (QED) is 0.460. The van der Waals surface area contributed by atoms with Crippen molar-refractivity contribution in [1.29, 1.82) is 0 Å². The lowest BCUT2D eigenvalue weighted by atomic mass is 9.92. The summed E-state index contributed by atoms with van der Waals surface area (Å²) >= 11 is 0. The van der Waals surface area contributed by atoms with Crippen LogP contribution < -0.4 is 5.32 Å². The largest absolute Gasteiger partial charge is 0.433 e. The third-order valence-electron chi connectivity index (χ3n) is 4.20. The minimum Gasteiger partial charge on any atom is -0.388 e. The third-order valence-corrected chi connectivity index (χ3v) is 5.36. The van der Waals surface area contributed by atoms with Crippen molar-refractivity contribution in [3.05, 3.63) is 47.9 Å². The second-order valence-corrected chi connectivity index (χ2v) is 9.67. The molecule has 0 saturated carbocycles. The number of benzene rings is 1. The number of alkyl halides is 3. The number of aliphatic hydroxyl groups is 1. The molecule has 1 aromatic carbocycles. The highest BCUT2D eigenvalue weighted by Crippen LogP contribution is 3.02. The van der Waals surface area contributed by atoms with Crippen molar-refractivity contribution in [2.24, 2.45) is 0 Å². The van der Waals surface area contributed by atoms with Gasteiger partial charge in [0.1, 0.15) is 17.0 Å². The Morgan fingerprint density at radius 1 is 1.03 bits per heavy atom. The van der Waals surface area contributed by atoms with E-state index >= 15 is 0 Å². The highest BCUT2D eigenvalue weighted by molar-refractivity contribution is 8.45. The van der Waals surface area contributed by atoms with E-state index in [2.05, 4.69) is 20.4 Å². The first-order valence-corrected chi connectivity index (χ1v) is 10.3. The first-order valence-electron chi connectivity index (χ1n) is 8.37. The molecule has 0 bridgehead atoms. The van der Waals surface area contributed by atoms with Gasteiger partial charge in [0.15, 0.2) is 5.69 Å². The van der Waals surface area contributed by atoms with Crippen LogP contribution in [0.15, 0.2) is 41.6 Å². The first kappa shape index (κ1) is 23.0. The van der Waals surface area contributed by atoms with Crippen LogP contribution in [0.25, 0.3) is 5.78 Å². The normalized spacial score (nSPS) is 16.6. The Kier molecular flexibility index (Phi) is 4.59. The maximum atomic E-state index is 13.2. The van der Waals surface area contributed by atoms with Crippen LogP contribution in [-0.2, 0) is 6.18 Å². The van der Waals surface area contributed by atoms with Crippen LogP contribution in [0.1, 0.15) is 31.1 Å². The summed E-state index contributed by atoms with van der Waals surface area (Å²) in [5.41, 5.74) is -3.19. The second kappa shape index (κ2) is 6.18. The van der Waals surface area contributed by atoms with E-state index in [0.717, 1.165) is 10.8 Å². The molecule has 3 aromatic rings. The SMILES string of the molecule is CC(C)(O)[C@H](Nc1cc(C(F)(F)F)nc2ncnn12)c1ccc(S(F)(F)(F)(F)F)cc1. The molecule has 0 aliphatic carbocycles. The van der Waals surface area contributed by atoms with Crippen molar-refractivity contribution < 1.29 is 37.7 Å². The Morgan fingerprint density at radius 2 is 1.61 bits per heavy atom. The molecule has 2 heterocycles. The van der Waals surface area contributed by atoms with Gasteiger partial charge in [-0.2, -0.15) is 27.8 Å². The number of rotatable bonds is 5. The highest BCUT2D eigenvalue weighted by Gasteiger charge is 2.65. The maximum absolute atomic E-state index is 13.2. The van der Waals surface area contributed by atoms with Gasteiger partial charge < -0.3 is 10.4 Å². The summed E-state index contributed by atoms with van der Waals surface area (Å²) < 4.78 is 105. The average Bonchev–Trinajstić information content (AvgIpc) is 3.04. The van der Waals surface area contributed by atoms with E-state index in [-0.39, 0.29) is 23.5 Å². The minimum absolute atomic E-state index is 0.100. The van der Waals surface area contributed by atoms with E-state index in [9.17, 15) is 37.7 Å². The smallest absolute Gasteiger partial charge is 0.388 e. The van der Waals surface area contributed by atoms with Crippen LogP contribution in [-0.4, -0.2) is 30.3 Å². The first-order chi connectivity index (χ1) is 13.8. The number of fused-ring (bicyclic) bond motifs is 1. The molecule has 31 heavy (non-hydrogen) atoms. The number of halogens is 8. The van der Waals surface area contributed by atoms with Gasteiger partial charge in [0, 0.05) is 6.07 Å². The Bertz CT molecular complexity index is 1120. The number of nitrogens with zero attached hydrogens (tertiary/aromatic N) is 4. The lowest BCUT2D eigenvalue weighted by Crippen LogP contribution is -2.35. The molecule has 2 N–H and O–H groups in total. The molecule has 0 aliphatic rings. The van der Waals surface area contributed by atoms with Crippen LogP contribution >= 0.6 is 10.2 Å². The van der Waals surface area contributed by atoms with Gasteiger partial charge in [0.2, 0.25) is 0 Å². The van der Waals surface area contributed by atoms with Crippen LogP contribution in [0.2, 0.25) is 0 Å². The van der Waals surface area contributed by atoms with Gasteiger partial charge in [0.05, 0.1) is 11.6 Å². The van der Waals surface area contributed by atoms with E-state index in [1.807, 2.05) is 0 Å². The average molecular weight is 477 g/mol. The lowest BCUT2D eigenvalue weighted by Gasteiger charge is -2.40. The number of hydrogen-bond acceptors (Lipinski definition) is 5. The molecule has 1 atom stereocenters. The van der Waals surface area contributed by atoms with E-state index < -0.39 is 44.4 Å². The predicted octanol–water partition coefficient (Wildman–Crippen LogP) is 5.72. The van der Waals surface area contributed by atoms with Gasteiger partial charge in [-0.05, 0) is 31.5 Å². The molecule has 2 aromatic heterocycles. The molecule has 3 rings (SSSR count). The Labute approximate surface area is 169 Å². The van der Waals surface area contributed by atoms with Crippen LogP contribution in [0.3, 0.4) is 0 Å². The summed E-state index contributed by atoms with van der Waals surface area (Å²) in [6.45, 7) is 2.46. The van der Waals surface area contributed by atoms with E-state index in [1.165, 1.54) is 13.8 Å². The fourth-order valence-electron chi connectivity index (χ4n) is 2.79. The highest BCUT2D eigenvalue weighted by atomic mass is 32.5.